The molecule has 0 atom stereocenters. The van der Waals surface area contributed by atoms with Crippen LogP contribution < -0.4 is 0 Å². The van der Waals surface area contributed by atoms with E-state index >= 15 is 0 Å². The highest BCUT2D eigenvalue weighted by Gasteiger charge is 2.16. The van der Waals surface area contributed by atoms with E-state index in [4.69, 9.17) is 9.47 Å². The van der Waals surface area contributed by atoms with Gasteiger partial charge < -0.3 is 9.47 Å². The zero-order valence-corrected chi connectivity index (χ0v) is 8.34. The molecular weight excluding hydrogens is 164 g/mol. The molecule has 2 nitrogen and oxygen atoms in total. The molecule has 0 saturated heterocycles. The second-order valence-corrected chi connectivity index (χ2v) is 3.13. The van der Waals surface area contributed by atoms with Gasteiger partial charge in [0.15, 0.2) is 0 Å². The van der Waals surface area contributed by atoms with Crippen LogP contribution in [-0.2, 0) is 9.47 Å². The van der Waals surface area contributed by atoms with E-state index in [1.165, 1.54) is 18.4 Å². The van der Waals surface area contributed by atoms with Gasteiger partial charge in [0.1, 0.15) is 12.4 Å². The van der Waals surface area contributed by atoms with Crippen molar-refractivity contribution in [3.05, 3.63) is 24.0 Å². The highest BCUT2D eigenvalue weighted by Crippen LogP contribution is 2.32. The molecule has 1 rings (SSSR count). The first kappa shape index (κ1) is 10.3. The Morgan fingerprint density at radius 1 is 1.38 bits per heavy atom. The van der Waals surface area contributed by atoms with Gasteiger partial charge in [-0.05, 0) is 30.9 Å². The second-order valence-electron chi connectivity index (χ2n) is 3.13. The summed E-state index contributed by atoms with van der Waals surface area (Å²) in [6, 6.07) is 0. The van der Waals surface area contributed by atoms with Gasteiger partial charge >= 0.3 is 0 Å². The number of ether oxygens (including phenoxy) is 2. The molecule has 0 unspecified atom stereocenters. The third kappa shape index (κ3) is 4.13. The first-order valence-electron chi connectivity index (χ1n) is 4.93. The van der Waals surface area contributed by atoms with Crippen LogP contribution in [0.25, 0.3) is 0 Å². The fourth-order valence-electron chi connectivity index (χ4n) is 1.07. The minimum Gasteiger partial charge on any atom is -0.491 e. The van der Waals surface area contributed by atoms with Crippen molar-refractivity contribution >= 4 is 0 Å². The van der Waals surface area contributed by atoms with E-state index in [0.717, 1.165) is 18.8 Å². The van der Waals surface area contributed by atoms with E-state index in [1.807, 2.05) is 0 Å². The van der Waals surface area contributed by atoms with Gasteiger partial charge in [0.05, 0.1) is 6.61 Å². The molecule has 1 aliphatic carbocycles. The number of rotatable bonds is 7. The molecule has 0 spiro atoms. The minimum absolute atomic E-state index is 0.644. The van der Waals surface area contributed by atoms with E-state index in [2.05, 4.69) is 13.5 Å². The predicted molar refractivity (Wildman–Crippen MR) is 53.5 cm³/mol. The number of hydrogen-bond donors (Lipinski definition) is 0. The van der Waals surface area contributed by atoms with Crippen LogP contribution in [0.1, 0.15) is 26.2 Å². The molecule has 0 aromatic heterocycles. The van der Waals surface area contributed by atoms with Crippen molar-refractivity contribution in [1.82, 2.24) is 0 Å². The van der Waals surface area contributed by atoms with E-state index in [0.29, 0.717) is 13.2 Å². The van der Waals surface area contributed by atoms with Gasteiger partial charge in [0.2, 0.25) is 0 Å². The first-order chi connectivity index (χ1) is 6.38. The maximum Gasteiger partial charge on any atom is 0.118 e. The summed E-state index contributed by atoms with van der Waals surface area (Å²) in [5.74, 6) is 0.972. The van der Waals surface area contributed by atoms with Crippen molar-refractivity contribution in [3.8, 4) is 0 Å². The standard InChI is InChI=1S/C11H18O2/c1-3-7-12-8-9-13-11(4-2)10-5-6-10/h4H,2-3,5-9H2,1H3. The average molecular weight is 182 g/mol. The average Bonchev–Trinajstić information content (AvgIpc) is 2.95. The number of hydrogen-bond acceptors (Lipinski definition) is 2. The van der Waals surface area contributed by atoms with Crippen LogP contribution in [0.3, 0.4) is 0 Å². The second kappa shape index (κ2) is 5.81. The van der Waals surface area contributed by atoms with E-state index in [1.54, 1.807) is 6.08 Å². The van der Waals surface area contributed by atoms with Gasteiger partial charge in [-0.25, -0.2) is 0 Å². The maximum atomic E-state index is 5.50. The molecule has 0 heterocycles. The van der Waals surface area contributed by atoms with Crippen LogP contribution in [0.4, 0.5) is 0 Å². The van der Waals surface area contributed by atoms with Crippen LogP contribution in [0, 0.1) is 0 Å². The van der Waals surface area contributed by atoms with Crippen LogP contribution in [0.2, 0.25) is 0 Å². The molecule has 13 heavy (non-hydrogen) atoms. The quantitative estimate of drug-likeness (QED) is 0.445. The summed E-state index contributed by atoms with van der Waals surface area (Å²) < 4.78 is 10.8. The van der Waals surface area contributed by atoms with Crippen LogP contribution in [-0.4, -0.2) is 19.8 Å². The van der Waals surface area contributed by atoms with Gasteiger partial charge in [-0.15, -0.1) is 0 Å². The largest absolute Gasteiger partial charge is 0.491 e. The van der Waals surface area contributed by atoms with Crippen molar-refractivity contribution in [3.63, 3.8) is 0 Å². The SMILES string of the molecule is C=CC(OCCOCCC)=C1CC1. The Morgan fingerprint density at radius 3 is 2.69 bits per heavy atom. The zero-order valence-electron chi connectivity index (χ0n) is 8.34. The summed E-state index contributed by atoms with van der Waals surface area (Å²) in [4.78, 5) is 0. The molecule has 0 aromatic rings. The Labute approximate surface area is 80.2 Å². The summed E-state index contributed by atoms with van der Waals surface area (Å²) in [6.45, 7) is 7.96. The molecule has 1 fully saturated rings. The molecule has 0 N–H and O–H groups in total. The van der Waals surface area contributed by atoms with Crippen molar-refractivity contribution in [2.45, 2.75) is 26.2 Å². The lowest BCUT2D eigenvalue weighted by molar-refractivity contribution is 0.0789. The van der Waals surface area contributed by atoms with Gasteiger partial charge in [-0.1, -0.05) is 13.5 Å². The van der Waals surface area contributed by atoms with Gasteiger partial charge in [-0.3, -0.25) is 0 Å². The smallest absolute Gasteiger partial charge is 0.118 e. The van der Waals surface area contributed by atoms with Crippen molar-refractivity contribution in [1.29, 1.82) is 0 Å². The molecule has 0 bridgehead atoms. The molecule has 74 valence electrons. The third-order valence-electron chi connectivity index (χ3n) is 1.87. The summed E-state index contributed by atoms with van der Waals surface area (Å²) in [5, 5.41) is 0. The summed E-state index contributed by atoms with van der Waals surface area (Å²) in [6.07, 6.45) is 5.21. The normalized spacial score (nSPS) is 14.1. The molecule has 0 aromatic carbocycles. The molecule has 1 aliphatic rings. The monoisotopic (exact) mass is 182 g/mol. The number of allylic oxidation sites excluding steroid dienone is 2. The fourth-order valence-corrected chi connectivity index (χ4v) is 1.07. The Morgan fingerprint density at radius 2 is 2.15 bits per heavy atom. The molecule has 1 saturated carbocycles. The Hall–Kier alpha value is -0.760. The Bertz CT molecular complexity index is 188. The van der Waals surface area contributed by atoms with Gasteiger partial charge in [-0.2, -0.15) is 0 Å². The van der Waals surface area contributed by atoms with Crippen molar-refractivity contribution in [2.24, 2.45) is 0 Å². The highest BCUT2D eigenvalue weighted by molar-refractivity contribution is 5.27. The lowest BCUT2D eigenvalue weighted by atomic mass is 10.4. The summed E-state index contributed by atoms with van der Waals surface area (Å²) in [5.41, 5.74) is 1.39. The summed E-state index contributed by atoms with van der Waals surface area (Å²) in [7, 11) is 0. The molecule has 0 amide bonds. The fraction of sp³-hybridized carbons (Fsp3) is 0.636. The Kier molecular flexibility index (Phi) is 4.61. The van der Waals surface area contributed by atoms with Crippen molar-refractivity contribution in [2.75, 3.05) is 19.8 Å². The molecule has 2 heteroatoms. The molecule has 0 radical (unpaired) electrons. The molecular formula is C11H18O2. The van der Waals surface area contributed by atoms with Crippen LogP contribution in [0.15, 0.2) is 24.0 Å². The first-order valence-corrected chi connectivity index (χ1v) is 4.93. The van der Waals surface area contributed by atoms with Crippen molar-refractivity contribution < 1.29 is 9.47 Å². The third-order valence-corrected chi connectivity index (χ3v) is 1.87. The summed E-state index contributed by atoms with van der Waals surface area (Å²) >= 11 is 0. The topological polar surface area (TPSA) is 18.5 Å². The predicted octanol–water partition coefficient (Wildman–Crippen LogP) is 2.66. The van der Waals surface area contributed by atoms with Gasteiger partial charge in [0.25, 0.3) is 0 Å². The lowest BCUT2D eigenvalue weighted by Gasteiger charge is -2.06. The van der Waals surface area contributed by atoms with Crippen LogP contribution in [0.5, 0.6) is 0 Å². The van der Waals surface area contributed by atoms with Gasteiger partial charge in [0, 0.05) is 6.61 Å². The minimum atomic E-state index is 0.644. The highest BCUT2D eigenvalue weighted by atomic mass is 16.5. The van der Waals surface area contributed by atoms with E-state index in [9.17, 15) is 0 Å². The maximum absolute atomic E-state index is 5.50. The zero-order chi connectivity index (χ0) is 9.52. The van der Waals surface area contributed by atoms with Crippen LogP contribution >= 0.6 is 0 Å². The van der Waals surface area contributed by atoms with E-state index in [-0.39, 0.29) is 0 Å². The lowest BCUT2D eigenvalue weighted by Crippen LogP contribution is -2.04. The Balaban J connectivity index is 2.04. The molecule has 0 aliphatic heterocycles. The van der Waals surface area contributed by atoms with E-state index < -0.39 is 0 Å².